The van der Waals surface area contributed by atoms with Crippen LogP contribution in [0, 0.1) is 0 Å². The lowest BCUT2D eigenvalue weighted by atomic mass is 10.1. The van der Waals surface area contributed by atoms with Gasteiger partial charge < -0.3 is 14.0 Å². The van der Waals surface area contributed by atoms with Crippen molar-refractivity contribution < 1.29 is 37.4 Å². The van der Waals surface area contributed by atoms with Gasteiger partial charge in [-0.15, -0.1) is 0 Å². The Balaban J connectivity index is 2.04. The van der Waals surface area contributed by atoms with Crippen molar-refractivity contribution in [1.29, 1.82) is 0 Å². The van der Waals surface area contributed by atoms with Crippen LogP contribution in [0.3, 0.4) is 0 Å². The molecule has 0 aromatic heterocycles. The van der Waals surface area contributed by atoms with Gasteiger partial charge in [0.2, 0.25) is 14.2 Å². The molecule has 2 amide bonds. The maximum atomic E-state index is 13.5. The number of amides is 2. The molecular formula is C23H35NO7P+. The summed E-state index contributed by atoms with van der Waals surface area (Å²) in [6, 6.07) is 9.74. The molecule has 1 aromatic carbocycles. The Morgan fingerprint density at radius 2 is 1.84 bits per heavy atom. The highest BCUT2D eigenvalue weighted by molar-refractivity contribution is 7.59. The van der Waals surface area contributed by atoms with Gasteiger partial charge in [-0.2, -0.15) is 9.28 Å². The second-order valence-corrected chi connectivity index (χ2v) is 10.8. The molecule has 0 bridgehead atoms. The zero-order chi connectivity index (χ0) is 23.6. The summed E-state index contributed by atoms with van der Waals surface area (Å²) in [5.41, 5.74) is 1.21. The molecule has 8 nitrogen and oxygen atoms in total. The van der Waals surface area contributed by atoms with Crippen molar-refractivity contribution in [3.63, 3.8) is 0 Å². The number of unbranched alkanes of at least 4 members (excludes halogenated alkanes) is 1. The molecule has 2 unspecified atom stereocenters. The maximum absolute atomic E-state index is 13.5. The number of benzene rings is 1. The van der Waals surface area contributed by atoms with Gasteiger partial charge in [-0.1, -0.05) is 30.3 Å². The summed E-state index contributed by atoms with van der Waals surface area (Å²) in [4.78, 5) is 37.2. The molecule has 1 heterocycles. The van der Waals surface area contributed by atoms with Gasteiger partial charge >= 0.3 is 18.0 Å². The highest BCUT2D eigenvalue weighted by Crippen LogP contribution is 2.49. The predicted octanol–water partition coefficient (Wildman–Crippen LogP) is 4.51. The zero-order valence-corrected chi connectivity index (χ0v) is 20.2. The van der Waals surface area contributed by atoms with Crippen LogP contribution in [0.2, 0.25) is 0 Å². The zero-order valence-electron chi connectivity index (χ0n) is 19.3. The monoisotopic (exact) mass is 468 g/mol. The molecule has 1 saturated heterocycles. The van der Waals surface area contributed by atoms with Crippen molar-refractivity contribution in [2.75, 3.05) is 32.3 Å². The molecule has 0 N–H and O–H groups in total. The Morgan fingerprint density at radius 3 is 2.44 bits per heavy atom. The van der Waals surface area contributed by atoms with Gasteiger partial charge in [-0.25, -0.2) is 4.79 Å². The van der Waals surface area contributed by atoms with Crippen LogP contribution in [0.4, 0.5) is 4.79 Å². The molecule has 1 aromatic rings. The van der Waals surface area contributed by atoms with Gasteiger partial charge in [0.25, 0.3) is 0 Å². The minimum absolute atomic E-state index is 0.232. The Kier molecular flexibility index (Phi) is 10.1. The number of hydrogen-bond donors (Lipinski definition) is 0. The molecule has 9 heteroatoms. The fraction of sp³-hybridized carbons (Fsp3) is 0.609. The van der Waals surface area contributed by atoms with Crippen LogP contribution in [0.15, 0.2) is 30.3 Å². The summed E-state index contributed by atoms with van der Waals surface area (Å²) in [7, 11) is -3.26. The molecule has 0 saturated carbocycles. The normalized spacial score (nSPS) is 22.2. The van der Waals surface area contributed by atoms with Gasteiger partial charge in [0.05, 0.1) is 13.2 Å². The number of hydrogen-bond acceptors (Lipinski definition) is 7. The molecular weight excluding hydrogens is 433 g/mol. The summed E-state index contributed by atoms with van der Waals surface area (Å²) in [5, 5.41) is 0. The average Bonchev–Trinajstić information content (AvgIpc) is 3.14. The quantitative estimate of drug-likeness (QED) is 0.155. The first-order valence-corrected chi connectivity index (χ1v) is 13.2. The van der Waals surface area contributed by atoms with Gasteiger partial charge in [0, 0.05) is 25.9 Å². The lowest BCUT2D eigenvalue weighted by Crippen LogP contribution is -2.60. The van der Waals surface area contributed by atoms with Crippen LogP contribution < -0.4 is 0 Å². The molecule has 1 fully saturated rings. The molecule has 3 atom stereocenters. The standard InChI is InChI=1S/C23H35NO7P/c1-4-31-32(28,16-9-8-14-21-12-6-5-7-13-21)17-22(26)24(15-10-11-19(24)2)23(27)30-18-29-20(3)25/h5-7,12-13,19H,4,8-11,14-18H2,1-3H3/q+1/t19-,24?,32?/m1/s1. The second kappa shape index (κ2) is 12.3. The molecule has 0 aliphatic carbocycles. The summed E-state index contributed by atoms with van der Waals surface area (Å²) >= 11 is 0. The molecule has 1 aliphatic heterocycles. The predicted molar refractivity (Wildman–Crippen MR) is 120 cm³/mol. The number of esters is 1. The van der Waals surface area contributed by atoms with Gasteiger partial charge in [0.15, 0.2) is 0 Å². The van der Waals surface area contributed by atoms with E-state index in [9.17, 15) is 18.9 Å². The van der Waals surface area contributed by atoms with Crippen molar-refractivity contribution >= 4 is 25.3 Å². The van der Waals surface area contributed by atoms with Crippen LogP contribution >= 0.6 is 7.37 Å². The van der Waals surface area contributed by atoms with Crippen LogP contribution in [-0.4, -0.2) is 60.8 Å². The fourth-order valence-corrected chi connectivity index (χ4v) is 6.40. The van der Waals surface area contributed by atoms with E-state index in [1.165, 1.54) is 12.5 Å². The SMILES string of the molecule is CCOP(=O)(CCCCc1ccccc1)CC(=O)[N+]1(C(=O)OCOC(C)=O)CCC[C@H]1C. The van der Waals surface area contributed by atoms with Crippen molar-refractivity contribution in [2.24, 2.45) is 0 Å². The number of likely N-dealkylation sites (tertiary alicyclic amines) is 1. The third-order valence-electron chi connectivity index (χ3n) is 5.90. The van der Waals surface area contributed by atoms with Crippen LogP contribution in [0.1, 0.15) is 52.0 Å². The first-order chi connectivity index (χ1) is 15.2. The van der Waals surface area contributed by atoms with Gasteiger partial charge in [-0.3, -0.25) is 9.36 Å². The number of carbonyl (C=O) groups is 3. The summed E-state index contributed by atoms with van der Waals surface area (Å²) in [6.07, 6.45) is 2.90. The molecule has 0 spiro atoms. The molecule has 2 rings (SSSR count). The van der Waals surface area contributed by atoms with E-state index in [0.29, 0.717) is 19.3 Å². The minimum atomic E-state index is -3.26. The van der Waals surface area contributed by atoms with E-state index in [1.807, 2.05) is 25.1 Å². The lowest BCUT2D eigenvalue weighted by molar-refractivity contribution is -0.792. The van der Waals surface area contributed by atoms with Crippen LogP contribution in [-0.2, 0) is 34.6 Å². The van der Waals surface area contributed by atoms with Gasteiger partial charge in [-0.05, 0) is 38.7 Å². The number of aryl methyl sites for hydroxylation is 1. The summed E-state index contributed by atoms with van der Waals surface area (Å²) < 4.78 is 28.3. The van der Waals surface area contributed by atoms with E-state index >= 15 is 0 Å². The fourth-order valence-electron chi connectivity index (χ4n) is 4.18. The average molecular weight is 469 g/mol. The molecule has 178 valence electrons. The maximum Gasteiger partial charge on any atom is 0.526 e. The topological polar surface area (TPSA) is 96.0 Å². The summed E-state index contributed by atoms with van der Waals surface area (Å²) in [6.45, 7) is 4.73. The lowest BCUT2D eigenvalue weighted by Gasteiger charge is -2.32. The van der Waals surface area contributed by atoms with Crippen molar-refractivity contribution in [1.82, 2.24) is 0 Å². The van der Waals surface area contributed by atoms with E-state index in [1.54, 1.807) is 6.92 Å². The number of ether oxygens (including phenoxy) is 2. The van der Waals surface area contributed by atoms with E-state index in [2.05, 4.69) is 12.1 Å². The number of nitrogens with zero attached hydrogens (tertiary/aromatic N) is 1. The number of imide groups is 1. The summed E-state index contributed by atoms with van der Waals surface area (Å²) in [5.74, 6) is -1.04. The first kappa shape index (κ1) is 26.2. The number of rotatable bonds is 11. The van der Waals surface area contributed by atoms with E-state index in [4.69, 9.17) is 14.0 Å². The minimum Gasteiger partial charge on any atom is -0.428 e. The Bertz CT molecular complexity index is 829. The van der Waals surface area contributed by atoms with E-state index < -0.39 is 36.6 Å². The molecule has 32 heavy (non-hydrogen) atoms. The Labute approximate surface area is 190 Å². The third kappa shape index (κ3) is 6.99. The van der Waals surface area contributed by atoms with Crippen molar-refractivity contribution in [3.05, 3.63) is 35.9 Å². The highest BCUT2D eigenvalue weighted by Gasteiger charge is 2.55. The first-order valence-electron chi connectivity index (χ1n) is 11.2. The van der Waals surface area contributed by atoms with Crippen molar-refractivity contribution in [2.45, 2.75) is 58.9 Å². The van der Waals surface area contributed by atoms with Crippen LogP contribution in [0.5, 0.6) is 0 Å². The largest absolute Gasteiger partial charge is 0.526 e. The molecule has 1 aliphatic rings. The van der Waals surface area contributed by atoms with Gasteiger partial charge in [0.1, 0.15) is 12.2 Å². The number of quaternary nitrogens is 1. The highest BCUT2D eigenvalue weighted by atomic mass is 31.2. The Morgan fingerprint density at radius 1 is 1.12 bits per heavy atom. The smallest absolute Gasteiger partial charge is 0.428 e. The van der Waals surface area contributed by atoms with Crippen molar-refractivity contribution in [3.8, 4) is 0 Å². The third-order valence-corrected chi connectivity index (χ3v) is 8.38. The van der Waals surface area contributed by atoms with Crippen LogP contribution in [0.25, 0.3) is 0 Å². The second-order valence-electron chi connectivity index (χ2n) is 8.20. The number of carbonyl (C=O) groups excluding carboxylic acids is 3. The van der Waals surface area contributed by atoms with E-state index in [0.717, 1.165) is 12.8 Å². The molecule has 0 radical (unpaired) electrons. The Hall–Kier alpha value is -2.02. The van der Waals surface area contributed by atoms with E-state index in [-0.39, 0.29) is 31.5 Å².